The fourth-order valence-corrected chi connectivity index (χ4v) is 5.39. The number of carbonyl (C=O) groups excluding carboxylic acids is 1. The van der Waals surface area contributed by atoms with Crippen molar-refractivity contribution in [2.75, 3.05) is 13.1 Å². The molecule has 0 radical (unpaired) electrons. The average molecular weight is 415 g/mol. The van der Waals surface area contributed by atoms with Crippen LogP contribution in [0.4, 0.5) is 0 Å². The molecule has 1 aliphatic heterocycles. The molecule has 3 rings (SSSR count). The van der Waals surface area contributed by atoms with Crippen LogP contribution in [0.15, 0.2) is 65.6 Å². The maximum absolute atomic E-state index is 13.0. The minimum Gasteiger partial charge on any atom is -0.349 e. The Morgan fingerprint density at radius 2 is 1.69 bits per heavy atom. The number of sulfonamides is 1. The summed E-state index contributed by atoms with van der Waals surface area (Å²) in [6.07, 6.45) is 2.23. The van der Waals surface area contributed by atoms with Crippen LogP contribution < -0.4 is 5.32 Å². The standard InChI is InChI=1S/C23H30N2O3S/c1-18(2)16-22(19-10-5-3-6-11-19)24-23(26)20-12-9-15-25(17-20)29(27,28)21-13-7-4-8-14-21/h3-8,10-11,13-14,18,20,22H,9,12,15-17H2,1-2H3,(H,24,26)/t20-,22-/m1/s1. The zero-order valence-electron chi connectivity index (χ0n) is 17.1. The minimum atomic E-state index is -3.57. The molecule has 156 valence electrons. The van der Waals surface area contributed by atoms with E-state index in [1.54, 1.807) is 30.3 Å². The topological polar surface area (TPSA) is 66.5 Å². The number of piperidine rings is 1. The molecular formula is C23H30N2O3S. The van der Waals surface area contributed by atoms with E-state index >= 15 is 0 Å². The number of amides is 1. The number of benzene rings is 2. The van der Waals surface area contributed by atoms with Crippen LogP contribution in [0.3, 0.4) is 0 Å². The number of hydrogen-bond acceptors (Lipinski definition) is 3. The summed E-state index contributed by atoms with van der Waals surface area (Å²) in [7, 11) is -3.57. The first-order chi connectivity index (χ1) is 13.9. The van der Waals surface area contributed by atoms with Crippen molar-refractivity contribution in [1.29, 1.82) is 0 Å². The lowest BCUT2D eigenvalue weighted by atomic mass is 9.94. The highest BCUT2D eigenvalue weighted by Gasteiger charge is 2.34. The van der Waals surface area contributed by atoms with E-state index in [2.05, 4.69) is 19.2 Å². The van der Waals surface area contributed by atoms with E-state index in [-0.39, 0.29) is 29.3 Å². The molecule has 29 heavy (non-hydrogen) atoms. The summed E-state index contributed by atoms with van der Waals surface area (Å²) >= 11 is 0. The van der Waals surface area contributed by atoms with Crippen molar-refractivity contribution in [1.82, 2.24) is 9.62 Å². The van der Waals surface area contributed by atoms with Gasteiger partial charge in [-0.15, -0.1) is 0 Å². The molecule has 2 atom stereocenters. The fourth-order valence-electron chi connectivity index (χ4n) is 3.84. The van der Waals surface area contributed by atoms with Gasteiger partial charge in [0.2, 0.25) is 15.9 Å². The van der Waals surface area contributed by atoms with Crippen LogP contribution in [-0.2, 0) is 14.8 Å². The van der Waals surface area contributed by atoms with Crippen molar-refractivity contribution in [2.24, 2.45) is 11.8 Å². The van der Waals surface area contributed by atoms with E-state index in [1.807, 2.05) is 30.3 Å². The Morgan fingerprint density at radius 3 is 2.31 bits per heavy atom. The van der Waals surface area contributed by atoms with Gasteiger partial charge in [0.05, 0.1) is 16.9 Å². The van der Waals surface area contributed by atoms with Gasteiger partial charge >= 0.3 is 0 Å². The highest BCUT2D eigenvalue weighted by molar-refractivity contribution is 7.89. The van der Waals surface area contributed by atoms with Crippen LogP contribution in [-0.4, -0.2) is 31.7 Å². The van der Waals surface area contributed by atoms with Gasteiger partial charge in [0, 0.05) is 13.1 Å². The molecule has 1 amide bonds. The Bertz CT molecular complexity index is 898. The highest BCUT2D eigenvalue weighted by Crippen LogP contribution is 2.26. The van der Waals surface area contributed by atoms with Crippen molar-refractivity contribution < 1.29 is 13.2 Å². The van der Waals surface area contributed by atoms with Crippen LogP contribution in [0.2, 0.25) is 0 Å². The van der Waals surface area contributed by atoms with Crippen LogP contribution in [0, 0.1) is 11.8 Å². The third-order valence-electron chi connectivity index (χ3n) is 5.36. The van der Waals surface area contributed by atoms with Crippen molar-refractivity contribution in [3.05, 3.63) is 66.2 Å². The van der Waals surface area contributed by atoms with Crippen molar-refractivity contribution >= 4 is 15.9 Å². The predicted octanol–water partition coefficient (Wildman–Crippen LogP) is 3.99. The van der Waals surface area contributed by atoms with E-state index in [4.69, 9.17) is 0 Å². The van der Waals surface area contributed by atoms with Crippen LogP contribution in [0.5, 0.6) is 0 Å². The third-order valence-corrected chi connectivity index (χ3v) is 7.24. The molecular weight excluding hydrogens is 384 g/mol. The lowest BCUT2D eigenvalue weighted by molar-refractivity contribution is -0.127. The molecule has 0 aliphatic carbocycles. The first kappa shape index (κ1) is 21.5. The summed E-state index contributed by atoms with van der Waals surface area (Å²) in [6, 6.07) is 18.3. The Labute approximate surface area is 174 Å². The maximum Gasteiger partial charge on any atom is 0.243 e. The van der Waals surface area contributed by atoms with E-state index in [0.29, 0.717) is 25.3 Å². The fraction of sp³-hybridized carbons (Fsp3) is 0.435. The summed E-state index contributed by atoms with van der Waals surface area (Å²) in [5, 5.41) is 3.19. The summed E-state index contributed by atoms with van der Waals surface area (Å²) in [4.78, 5) is 13.3. The van der Waals surface area contributed by atoms with Gasteiger partial charge in [-0.2, -0.15) is 4.31 Å². The Hall–Kier alpha value is -2.18. The summed E-state index contributed by atoms with van der Waals surface area (Å²) in [5.41, 5.74) is 1.08. The Kier molecular flexibility index (Phi) is 7.09. The molecule has 2 aromatic rings. The largest absolute Gasteiger partial charge is 0.349 e. The Morgan fingerprint density at radius 1 is 1.07 bits per heavy atom. The molecule has 1 N–H and O–H groups in total. The van der Waals surface area contributed by atoms with Gasteiger partial charge in [-0.05, 0) is 42.9 Å². The summed E-state index contributed by atoms with van der Waals surface area (Å²) in [5.74, 6) is 0.0369. The van der Waals surface area contributed by atoms with Gasteiger partial charge in [0.25, 0.3) is 0 Å². The molecule has 0 unspecified atom stereocenters. The third kappa shape index (κ3) is 5.46. The Balaban J connectivity index is 1.72. The number of rotatable bonds is 7. The molecule has 1 saturated heterocycles. The molecule has 0 bridgehead atoms. The molecule has 5 nitrogen and oxygen atoms in total. The highest BCUT2D eigenvalue weighted by atomic mass is 32.2. The SMILES string of the molecule is CC(C)C[C@@H](NC(=O)[C@@H]1CCCN(S(=O)(=O)c2ccccc2)C1)c1ccccc1. The number of carbonyl (C=O) groups is 1. The molecule has 0 saturated carbocycles. The van der Waals surface area contributed by atoms with E-state index in [9.17, 15) is 13.2 Å². The molecule has 0 aromatic heterocycles. The van der Waals surface area contributed by atoms with Crippen molar-refractivity contribution in [2.45, 2.75) is 44.0 Å². The van der Waals surface area contributed by atoms with Crippen LogP contribution in [0.25, 0.3) is 0 Å². The maximum atomic E-state index is 13.0. The van der Waals surface area contributed by atoms with Crippen molar-refractivity contribution in [3.63, 3.8) is 0 Å². The van der Waals surface area contributed by atoms with Gasteiger partial charge in [-0.25, -0.2) is 8.42 Å². The molecule has 2 aromatic carbocycles. The number of nitrogens with zero attached hydrogens (tertiary/aromatic N) is 1. The molecule has 1 fully saturated rings. The molecule has 1 heterocycles. The zero-order chi connectivity index (χ0) is 20.9. The van der Waals surface area contributed by atoms with Gasteiger partial charge in [-0.1, -0.05) is 62.4 Å². The summed E-state index contributed by atoms with van der Waals surface area (Å²) in [6.45, 7) is 4.95. The first-order valence-corrected chi connectivity index (χ1v) is 11.7. The second-order valence-corrected chi connectivity index (χ2v) is 10.1. The van der Waals surface area contributed by atoms with Crippen molar-refractivity contribution in [3.8, 4) is 0 Å². The average Bonchev–Trinajstić information content (AvgIpc) is 2.74. The molecule has 1 aliphatic rings. The summed E-state index contributed by atoms with van der Waals surface area (Å²) < 4.78 is 27.3. The lowest BCUT2D eigenvalue weighted by Gasteiger charge is -2.32. The van der Waals surface area contributed by atoms with Gasteiger partial charge < -0.3 is 5.32 Å². The predicted molar refractivity (Wildman–Crippen MR) is 115 cm³/mol. The lowest BCUT2D eigenvalue weighted by Crippen LogP contribution is -2.46. The second-order valence-electron chi connectivity index (χ2n) is 8.12. The van der Waals surface area contributed by atoms with Crippen LogP contribution in [0.1, 0.15) is 44.7 Å². The van der Waals surface area contributed by atoms with Gasteiger partial charge in [-0.3, -0.25) is 4.79 Å². The van der Waals surface area contributed by atoms with Crippen LogP contribution >= 0.6 is 0 Å². The van der Waals surface area contributed by atoms with E-state index in [1.165, 1.54) is 4.31 Å². The second kappa shape index (κ2) is 9.55. The van der Waals surface area contributed by atoms with Gasteiger partial charge in [0.15, 0.2) is 0 Å². The normalized spacial score (nSPS) is 19.1. The number of nitrogens with one attached hydrogen (secondary N) is 1. The molecule has 6 heteroatoms. The monoisotopic (exact) mass is 414 g/mol. The van der Waals surface area contributed by atoms with E-state index < -0.39 is 10.0 Å². The number of hydrogen-bond donors (Lipinski definition) is 1. The minimum absolute atomic E-state index is 0.0625. The zero-order valence-corrected chi connectivity index (χ0v) is 17.9. The smallest absolute Gasteiger partial charge is 0.243 e. The van der Waals surface area contributed by atoms with E-state index in [0.717, 1.165) is 12.0 Å². The van der Waals surface area contributed by atoms with Gasteiger partial charge in [0.1, 0.15) is 0 Å². The first-order valence-electron chi connectivity index (χ1n) is 10.3. The quantitative estimate of drug-likeness (QED) is 0.745. The molecule has 0 spiro atoms.